The topological polar surface area (TPSA) is 25.2 Å². The van der Waals surface area contributed by atoms with E-state index in [1.54, 1.807) is 6.26 Å². The van der Waals surface area contributed by atoms with Crippen LogP contribution in [0.15, 0.2) is 23.0 Å². The van der Waals surface area contributed by atoms with Gasteiger partial charge < -0.3 is 9.73 Å². The summed E-state index contributed by atoms with van der Waals surface area (Å²) in [7, 11) is 0. The first-order valence-corrected chi connectivity index (χ1v) is 5.95. The van der Waals surface area contributed by atoms with Crippen LogP contribution in [0.4, 0.5) is 0 Å². The van der Waals surface area contributed by atoms with Crippen molar-refractivity contribution in [1.29, 1.82) is 0 Å². The Balaban J connectivity index is 1.83. The Bertz CT molecular complexity index is 285. The molecule has 84 valence electrons. The predicted molar refractivity (Wildman–Crippen MR) is 61.7 cm³/mol. The molecular formula is C13H21NO. The lowest BCUT2D eigenvalue weighted by molar-refractivity contribution is 0.301. The molecule has 1 heterocycles. The molecule has 0 aliphatic heterocycles. The zero-order valence-electron chi connectivity index (χ0n) is 9.75. The minimum atomic E-state index is 0.404. The van der Waals surface area contributed by atoms with Gasteiger partial charge in [-0.25, -0.2) is 0 Å². The van der Waals surface area contributed by atoms with Crippen LogP contribution in [0.2, 0.25) is 0 Å². The second-order valence-electron chi connectivity index (χ2n) is 5.18. The molecule has 0 radical (unpaired) electrons. The maximum atomic E-state index is 5.09. The van der Waals surface area contributed by atoms with Crippen molar-refractivity contribution in [2.45, 2.75) is 45.6 Å². The van der Waals surface area contributed by atoms with Gasteiger partial charge in [0.25, 0.3) is 0 Å². The summed E-state index contributed by atoms with van der Waals surface area (Å²) in [6.45, 7) is 5.72. The van der Waals surface area contributed by atoms with Crippen LogP contribution in [-0.4, -0.2) is 6.54 Å². The van der Waals surface area contributed by atoms with Gasteiger partial charge in [0.15, 0.2) is 0 Å². The predicted octanol–water partition coefficient (Wildman–Crippen LogP) is 3.51. The molecule has 15 heavy (non-hydrogen) atoms. The molecule has 1 fully saturated rings. The normalized spacial score (nSPS) is 21.7. The van der Waals surface area contributed by atoms with Crippen molar-refractivity contribution in [1.82, 2.24) is 5.32 Å². The van der Waals surface area contributed by atoms with Crippen molar-refractivity contribution in [3.8, 4) is 0 Å². The Hall–Kier alpha value is -0.760. The van der Waals surface area contributed by atoms with Crippen molar-refractivity contribution in [2.75, 3.05) is 6.54 Å². The van der Waals surface area contributed by atoms with E-state index in [0.29, 0.717) is 11.5 Å². The van der Waals surface area contributed by atoms with E-state index in [0.717, 1.165) is 6.54 Å². The molecule has 1 aromatic rings. The molecule has 0 saturated heterocycles. The first kappa shape index (κ1) is 10.7. The van der Waals surface area contributed by atoms with E-state index in [2.05, 4.69) is 19.2 Å². The zero-order chi connectivity index (χ0) is 10.7. The van der Waals surface area contributed by atoms with Crippen molar-refractivity contribution >= 4 is 0 Å². The van der Waals surface area contributed by atoms with Gasteiger partial charge in [-0.15, -0.1) is 0 Å². The van der Waals surface area contributed by atoms with Gasteiger partial charge in [0.1, 0.15) is 0 Å². The van der Waals surface area contributed by atoms with Gasteiger partial charge in [-0.3, -0.25) is 0 Å². The van der Waals surface area contributed by atoms with E-state index in [1.807, 2.05) is 12.3 Å². The van der Waals surface area contributed by atoms with E-state index in [9.17, 15) is 0 Å². The van der Waals surface area contributed by atoms with Gasteiger partial charge in [0.05, 0.1) is 12.5 Å². The SMILES string of the molecule is CC(NCC1(C)CCCC1)c1ccoc1. The first-order valence-electron chi connectivity index (χ1n) is 5.95. The molecule has 0 spiro atoms. The monoisotopic (exact) mass is 207 g/mol. The molecule has 1 aliphatic carbocycles. The molecular weight excluding hydrogens is 186 g/mol. The highest BCUT2D eigenvalue weighted by atomic mass is 16.3. The van der Waals surface area contributed by atoms with Crippen LogP contribution in [-0.2, 0) is 0 Å². The third-order valence-corrected chi connectivity index (χ3v) is 3.69. The van der Waals surface area contributed by atoms with Gasteiger partial charge in [-0.05, 0) is 31.2 Å². The summed E-state index contributed by atoms with van der Waals surface area (Å²) in [5.74, 6) is 0. The maximum Gasteiger partial charge on any atom is 0.0950 e. The van der Waals surface area contributed by atoms with Crippen molar-refractivity contribution in [2.24, 2.45) is 5.41 Å². The lowest BCUT2D eigenvalue weighted by atomic mass is 9.88. The lowest BCUT2D eigenvalue weighted by Crippen LogP contribution is -2.31. The van der Waals surface area contributed by atoms with Crippen LogP contribution in [0.3, 0.4) is 0 Å². The summed E-state index contributed by atoms with van der Waals surface area (Å²) < 4.78 is 5.09. The highest BCUT2D eigenvalue weighted by Gasteiger charge is 2.28. The van der Waals surface area contributed by atoms with Crippen molar-refractivity contribution in [3.05, 3.63) is 24.2 Å². The minimum Gasteiger partial charge on any atom is -0.472 e. The summed E-state index contributed by atoms with van der Waals surface area (Å²) in [4.78, 5) is 0. The fourth-order valence-corrected chi connectivity index (χ4v) is 2.44. The fraction of sp³-hybridized carbons (Fsp3) is 0.692. The summed E-state index contributed by atoms with van der Waals surface area (Å²) in [5.41, 5.74) is 1.77. The summed E-state index contributed by atoms with van der Waals surface area (Å²) >= 11 is 0. The molecule has 1 aromatic heterocycles. The molecule has 0 amide bonds. The standard InChI is InChI=1S/C13H21NO/c1-11(12-5-8-15-9-12)14-10-13(2)6-3-4-7-13/h5,8-9,11,14H,3-4,6-7,10H2,1-2H3. The summed E-state index contributed by atoms with van der Waals surface area (Å²) in [6.07, 6.45) is 9.12. The van der Waals surface area contributed by atoms with Gasteiger partial charge >= 0.3 is 0 Å². The second kappa shape index (κ2) is 4.40. The van der Waals surface area contributed by atoms with Gasteiger partial charge in [0.2, 0.25) is 0 Å². The average molecular weight is 207 g/mol. The van der Waals surface area contributed by atoms with E-state index in [-0.39, 0.29) is 0 Å². The van der Waals surface area contributed by atoms with E-state index < -0.39 is 0 Å². The molecule has 0 aromatic carbocycles. The largest absolute Gasteiger partial charge is 0.472 e. The lowest BCUT2D eigenvalue weighted by Gasteiger charge is -2.26. The van der Waals surface area contributed by atoms with Crippen LogP contribution in [0.25, 0.3) is 0 Å². The third kappa shape index (κ3) is 2.63. The molecule has 1 unspecified atom stereocenters. The summed E-state index contributed by atoms with van der Waals surface area (Å²) in [6, 6.07) is 2.44. The Morgan fingerprint density at radius 3 is 2.80 bits per heavy atom. The Morgan fingerprint density at radius 2 is 2.20 bits per heavy atom. The third-order valence-electron chi connectivity index (χ3n) is 3.69. The van der Waals surface area contributed by atoms with Crippen LogP contribution in [0, 0.1) is 5.41 Å². The molecule has 2 rings (SSSR count). The van der Waals surface area contributed by atoms with Gasteiger partial charge in [0, 0.05) is 18.2 Å². The molecule has 1 N–H and O–H groups in total. The quantitative estimate of drug-likeness (QED) is 0.817. The fourth-order valence-electron chi connectivity index (χ4n) is 2.44. The second-order valence-corrected chi connectivity index (χ2v) is 5.18. The first-order chi connectivity index (χ1) is 7.20. The Labute approximate surface area is 92.1 Å². The molecule has 1 saturated carbocycles. The number of furan rings is 1. The minimum absolute atomic E-state index is 0.404. The van der Waals surface area contributed by atoms with E-state index in [1.165, 1.54) is 31.2 Å². The highest BCUT2D eigenvalue weighted by molar-refractivity contribution is 5.10. The molecule has 0 bridgehead atoms. The number of nitrogens with one attached hydrogen (secondary N) is 1. The van der Waals surface area contributed by atoms with Crippen LogP contribution in [0.5, 0.6) is 0 Å². The number of hydrogen-bond donors (Lipinski definition) is 1. The smallest absolute Gasteiger partial charge is 0.0950 e. The van der Waals surface area contributed by atoms with Gasteiger partial charge in [-0.1, -0.05) is 19.8 Å². The molecule has 2 heteroatoms. The molecule has 1 aliphatic rings. The molecule has 1 atom stereocenters. The van der Waals surface area contributed by atoms with Gasteiger partial charge in [-0.2, -0.15) is 0 Å². The summed E-state index contributed by atoms with van der Waals surface area (Å²) in [5, 5.41) is 3.61. The Morgan fingerprint density at radius 1 is 1.47 bits per heavy atom. The number of hydrogen-bond acceptors (Lipinski definition) is 2. The number of rotatable bonds is 4. The van der Waals surface area contributed by atoms with Crippen LogP contribution >= 0.6 is 0 Å². The Kier molecular flexibility index (Phi) is 3.15. The van der Waals surface area contributed by atoms with E-state index in [4.69, 9.17) is 4.42 Å². The zero-order valence-corrected chi connectivity index (χ0v) is 9.75. The average Bonchev–Trinajstić information content (AvgIpc) is 2.85. The molecule has 2 nitrogen and oxygen atoms in total. The van der Waals surface area contributed by atoms with Crippen LogP contribution in [0.1, 0.15) is 51.1 Å². The van der Waals surface area contributed by atoms with Crippen molar-refractivity contribution in [3.63, 3.8) is 0 Å². The van der Waals surface area contributed by atoms with Crippen LogP contribution < -0.4 is 5.32 Å². The highest BCUT2D eigenvalue weighted by Crippen LogP contribution is 2.37. The maximum absolute atomic E-state index is 5.09. The van der Waals surface area contributed by atoms with Crippen molar-refractivity contribution < 1.29 is 4.42 Å². The van der Waals surface area contributed by atoms with E-state index >= 15 is 0 Å².